The van der Waals surface area contributed by atoms with Crippen LogP contribution in [0.25, 0.3) is 0 Å². The standard InChI is InChI=1S/C11H20N2O2/c1-3-4-7-13(2)10(14)8-12-11(15)9-5-6-9/h9H,3-8H2,1-2H3,(H,12,15). The molecule has 1 N–H and O–H groups in total. The van der Waals surface area contributed by atoms with Gasteiger partial charge >= 0.3 is 0 Å². The van der Waals surface area contributed by atoms with E-state index in [0.29, 0.717) is 0 Å². The lowest BCUT2D eigenvalue weighted by molar-refractivity contribution is -0.132. The van der Waals surface area contributed by atoms with Gasteiger partial charge in [-0.3, -0.25) is 9.59 Å². The average Bonchev–Trinajstić information content (AvgIpc) is 3.05. The van der Waals surface area contributed by atoms with E-state index in [0.717, 1.165) is 32.2 Å². The molecule has 0 aromatic rings. The van der Waals surface area contributed by atoms with E-state index in [1.807, 2.05) is 0 Å². The molecular formula is C11H20N2O2. The third kappa shape index (κ3) is 4.32. The Balaban J connectivity index is 2.13. The van der Waals surface area contributed by atoms with Gasteiger partial charge in [0.2, 0.25) is 11.8 Å². The van der Waals surface area contributed by atoms with E-state index >= 15 is 0 Å². The molecule has 0 heterocycles. The first-order valence-corrected chi connectivity index (χ1v) is 5.66. The van der Waals surface area contributed by atoms with Crippen molar-refractivity contribution in [2.24, 2.45) is 5.92 Å². The molecule has 0 radical (unpaired) electrons. The quantitative estimate of drug-likeness (QED) is 0.707. The van der Waals surface area contributed by atoms with Crippen LogP contribution in [0.1, 0.15) is 32.6 Å². The highest BCUT2D eigenvalue weighted by molar-refractivity contribution is 5.86. The maximum absolute atomic E-state index is 11.5. The number of rotatable bonds is 6. The molecule has 0 bridgehead atoms. The summed E-state index contributed by atoms with van der Waals surface area (Å²) in [6.07, 6.45) is 4.04. The van der Waals surface area contributed by atoms with Gasteiger partial charge in [-0.2, -0.15) is 0 Å². The fraction of sp³-hybridized carbons (Fsp3) is 0.818. The van der Waals surface area contributed by atoms with Crippen molar-refractivity contribution in [1.29, 1.82) is 0 Å². The first-order chi connectivity index (χ1) is 7.15. The molecule has 0 aromatic carbocycles. The second-order valence-electron chi connectivity index (χ2n) is 4.16. The number of amides is 2. The van der Waals surface area contributed by atoms with Crippen molar-refractivity contribution in [2.45, 2.75) is 32.6 Å². The van der Waals surface area contributed by atoms with Gasteiger partial charge in [0.05, 0.1) is 6.54 Å². The number of hydrogen-bond acceptors (Lipinski definition) is 2. The fourth-order valence-corrected chi connectivity index (χ4v) is 1.31. The topological polar surface area (TPSA) is 49.4 Å². The van der Waals surface area contributed by atoms with Crippen molar-refractivity contribution >= 4 is 11.8 Å². The number of likely N-dealkylation sites (N-methyl/N-ethyl adjacent to an activating group) is 1. The van der Waals surface area contributed by atoms with Crippen LogP contribution in [-0.2, 0) is 9.59 Å². The smallest absolute Gasteiger partial charge is 0.241 e. The minimum atomic E-state index is -0.00236. The highest BCUT2D eigenvalue weighted by atomic mass is 16.2. The predicted molar refractivity (Wildman–Crippen MR) is 58.3 cm³/mol. The maximum Gasteiger partial charge on any atom is 0.241 e. The molecule has 1 aliphatic rings. The van der Waals surface area contributed by atoms with Crippen LogP contribution in [0.5, 0.6) is 0 Å². The predicted octanol–water partition coefficient (Wildman–Crippen LogP) is 0.771. The van der Waals surface area contributed by atoms with E-state index < -0.39 is 0 Å². The van der Waals surface area contributed by atoms with Crippen molar-refractivity contribution in [1.82, 2.24) is 10.2 Å². The molecule has 0 unspecified atom stereocenters. The van der Waals surface area contributed by atoms with Crippen molar-refractivity contribution in [3.05, 3.63) is 0 Å². The average molecular weight is 212 g/mol. The van der Waals surface area contributed by atoms with Gasteiger partial charge < -0.3 is 10.2 Å². The van der Waals surface area contributed by atoms with Crippen LogP contribution in [-0.4, -0.2) is 36.9 Å². The maximum atomic E-state index is 11.5. The van der Waals surface area contributed by atoms with Gasteiger partial charge in [0.25, 0.3) is 0 Å². The van der Waals surface area contributed by atoms with Gasteiger partial charge in [-0.05, 0) is 19.3 Å². The van der Waals surface area contributed by atoms with Gasteiger partial charge in [-0.1, -0.05) is 13.3 Å². The summed E-state index contributed by atoms with van der Waals surface area (Å²) in [7, 11) is 1.78. The zero-order chi connectivity index (χ0) is 11.3. The Kier molecular flexibility index (Phi) is 4.59. The number of nitrogens with one attached hydrogen (secondary N) is 1. The molecule has 0 spiro atoms. The lowest BCUT2D eigenvalue weighted by Crippen LogP contribution is -2.39. The Morgan fingerprint density at radius 3 is 2.60 bits per heavy atom. The van der Waals surface area contributed by atoms with E-state index in [-0.39, 0.29) is 24.3 Å². The summed E-state index contributed by atoms with van der Waals surface area (Å²) in [5.74, 6) is 0.212. The molecule has 1 aliphatic carbocycles. The highest BCUT2D eigenvalue weighted by Crippen LogP contribution is 2.28. The summed E-state index contributed by atoms with van der Waals surface area (Å²) in [4.78, 5) is 24.4. The van der Waals surface area contributed by atoms with Crippen LogP contribution < -0.4 is 5.32 Å². The molecule has 1 rings (SSSR count). The van der Waals surface area contributed by atoms with Crippen molar-refractivity contribution < 1.29 is 9.59 Å². The molecule has 15 heavy (non-hydrogen) atoms. The third-order valence-electron chi connectivity index (χ3n) is 2.63. The minimum absolute atomic E-state index is 0.00236. The Hall–Kier alpha value is -1.06. The summed E-state index contributed by atoms with van der Waals surface area (Å²) < 4.78 is 0. The van der Waals surface area contributed by atoms with Crippen molar-refractivity contribution in [3.63, 3.8) is 0 Å². The van der Waals surface area contributed by atoms with Gasteiger partial charge in [0.1, 0.15) is 0 Å². The molecule has 4 nitrogen and oxygen atoms in total. The lowest BCUT2D eigenvalue weighted by atomic mass is 10.3. The highest BCUT2D eigenvalue weighted by Gasteiger charge is 2.29. The van der Waals surface area contributed by atoms with Crippen LogP contribution in [0, 0.1) is 5.92 Å². The van der Waals surface area contributed by atoms with E-state index in [1.54, 1.807) is 11.9 Å². The third-order valence-corrected chi connectivity index (χ3v) is 2.63. The molecule has 0 aromatic heterocycles. The van der Waals surface area contributed by atoms with Crippen LogP contribution >= 0.6 is 0 Å². The SMILES string of the molecule is CCCCN(C)C(=O)CNC(=O)C1CC1. The molecule has 0 atom stereocenters. The van der Waals surface area contributed by atoms with Crippen LogP contribution in [0.3, 0.4) is 0 Å². The largest absolute Gasteiger partial charge is 0.347 e. The first-order valence-electron chi connectivity index (χ1n) is 5.66. The van der Waals surface area contributed by atoms with Crippen LogP contribution in [0.4, 0.5) is 0 Å². The van der Waals surface area contributed by atoms with Gasteiger partial charge in [0.15, 0.2) is 0 Å². The van der Waals surface area contributed by atoms with Gasteiger partial charge in [-0.15, -0.1) is 0 Å². The van der Waals surface area contributed by atoms with Gasteiger partial charge in [-0.25, -0.2) is 0 Å². The molecule has 2 amide bonds. The monoisotopic (exact) mass is 212 g/mol. The summed E-state index contributed by atoms with van der Waals surface area (Å²) in [6, 6.07) is 0. The zero-order valence-electron chi connectivity index (χ0n) is 9.58. The van der Waals surface area contributed by atoms with E-state index in [4.69, 9.17) is 0 Å². The number of carbonyl (C=O) groups is 2. The Bertz CT molecular complexity index is 237. The molecular weight excluding hydrogens is 192 g/mol. The van der Waals surface area contributed by atoms with Crippen molar-refractivity contribution in [3.8, 4) is 0 Å². The molecule has 1 saturated carbocycles. The van der Waals surface area contributed by atoms with Gasteiger partial charge in [0, 0.05) is 19.5 Å². The first kappa shape index (κ1) is 12.0. The number of hydrogen-bond donors (Lipinski definition) is 1. The Morgan fingerprint density at radius 2 is 2.07 bits per heavy atom. The second kappa shape index (κ2) is 5.73. The normalized spacial score (nSPS) is 14.8. The van der Waals surface area contributed by atoms with Crippen LogP contribution in [0.2, 0.25) is 0 Å². The molecule has 4 heteroatoms. The molecule has 0 aliphatic heterocycles. The summed E-state index contributed by atoms with van der Waals surface area (Å²) >= 11 is 0. The Labute approximate surface area is 91.0 Å². The van der Waals surface area contributed by atoms with E-state index in [9.17, 15) is 9.59 Å². The van der Waals surface area contributed by atoms with E-state index in [2.05, 4.69) is 12.2 Å². The molecule has 86 valence electrons. The number of unbranched alkanes of at least 4 members (excludes halogenated alkanes) is 1. The Morgan fingerprint density at radius 1 is 1.40 bits per heavy atom. The molecule has 1 fully saturated rings. The van der Waals surface area contributed by atoms with Crippen molar-refractivity contribution in [2.75, 3.05) is 20.1 Å². The summed E-state index contributed by atoms with van der Waals surface area (Å²) in [5.41, 5.74) is 0. The number of nitrogens with zero attached hydrogens (tertiary/aromatic N) is 1. The summed E-state index contributed by atoms with van der Waals surface area (Å²) in [5, 5.41) is 2.67. The zero-order valence-corrected chi connectivity index (χ0v) is 9.58. The molecule has 0 saturated heterocycles. The van der Waals surface area contributed by atoms with E-state index in [1.165, 1.54) is 0 Å². The minimum Gasteiger partial charge on any atom is -0.347 e. The summed E-state index contributed by atoms with van der Waals surface area (Å²) in [6.45, 7) is 3.01. The van der Waals surface area contributed by atoms with Crippen LogP contribution in [0.15, 0.2) is 0 Å². The lowest BCUT2D eigenvalue weighted by Gasteiger charge is -2.16. The second-order valence-corrected chi connectivity index (χ2v) is 4.16. The number of carbonyl (C=O) groups excluding carboxylic acids is 2. The fourth-order valence-electron chi connectivity index (χ4n) is 1.31.